The number of hydrogen-bond donors (Lipinski definition) is 0. The molecule has 1 aliphatic heterocycles. The third kappa shape index (κ3) is 2.97. The number of hydrogen-bond acceptors (Lipinski definition) is 4. The van der Waals surface area contributed by atoms with E-state index in [0.29, 0.717) is 13.0 Å². The SMILES string of the molecule is O=C1CC(Cc2ccncc2)C(=O)N1Cc1cccnc1. The lowest BCUT2D eigenvalue weighted by molar-refractivity contribution is -0.140. The predicted molar refractivity (Wildman–Crippen MR) is 75.8 cm³/mol. The molecule has 5 nitrogen and oxygen atoms in total. The number of carbonyl (C=O) groups is 2. The minimum Gasteiger partial charge on any atom is -0.278 e. The Kier molecular flexibility index (Phi) is 3.73. The van der Waals surface area contributed by atoms with Crippen LogP contribution in [-0.4, -0.2) is 26.7 Å². The van der Waals surface area contributed by atoms with Gasteiger partial charge in [0.15, 0.2) is 0 Å². The van der Waals surface area contributed by atoms with Crippen molar-refractivity contribution in [3.05, 3.63) is 60.2 Å². The van der Waals surface area contributed by atoms with Gasteiger partial charge in [-0.05, 0) is 35.7 Å². The molecule has 0 bridgehead atoms. The standard InChI is InChI=1S/C16H15N3O2/c20-15-9-14(8-12-3-6-17-7-4-12)16(21)19(15)11-13-2-1-5-18-10-13/h1-7,10,14H,8-9,11H2. The molecule has 2 amide bonds. The van der Waals surface area contributed by atoms with E-state index in [1.54, 1.807) is 30.9 Å². The van der Waals surface area contributed by atoms with Crippen LogP contribution in [0.25, 0.3) is 0 Å². The Bertz CT molecular complexity index is 643. The average Bonchev–Trinajstić information content (AvgIpc) is 2.77. The molecular formula is C16H15N3O2. The fourth-order valence-electron chi connectivity index (χ4n) is 2.55. The molecule has 2 aromatic heterocycles. The van der Waals surface area contributed by atoms with Gasteiger partial charge in [0.1, 0.15) is 0 Å². The Hall–Kier alpha value is -2.56. The zero-order chi connectivity index (χ0) is 14.7. The van der Waals surface area contributed by atoms with Crippen LogP contribution in [0.5, 0.6) is 0 Å². The molecule has 2 aromatic rings. The van der Waals surface area contributed by atoms with Crippen LogP contribution < -0.4 is 0 Å². The maximum absolute atomic E-state index is 12.4. The first-order chi connectivity index (χ1) is 10.2. The largest absolute Gasteiger partial charge is 0.278 e. The van der Waals surface area contributed by atoms with Crippen molar-refractivity contribution in [3.8, 4) is 0 Å². The number of nitrogens with zero attached hydrogens (tertiary/aromatic N) is 3. The van der Waals surface area contributed by atoms with Crippen LogP contribution in [0.3, 0.4) is 0 Å². The third-order valence-corrected chi connectivity index (χ3v) is 3.63. The second-order valence-electron chi connectivity index (χ2n) is 5.14. The predicted octanol–water partition coefficient (Wildman–Crippen LogP) is 1.59. The molecule has 1 fully saturated rings. The van der Waals surface area contributed by atoms with Crippen molar-refractivity contribution in [3.63, 3.8) is 0 Å². The minimum atomic E-state index is -0.267. The lowest BCUT2D eigenvalue weighted by atomic mass is 9.99. The highest BCUT2D eigenvalue weighted by molar-refractivity contribution is 6.03. The lowest BCUT2D eigenvalue weighted by Crippen LogP contribution is -2.30. The van der Waals surface area contributed by atoms with E-state index in [9.17, 15) is 9.59 Å². The van der Waals surface area contributed by atoms with Crippen LogP contribution in [-0.2, 0) is 22.6 Å². The van der Waals surface area contributed by atoms with Crippen LogP contribution >= 0.6 is 0 Å². The molecule has 1 aliphatic rings. The highest BCUT2D eigenvalue weighted by Crippen LogP contribution is 2.24. The summed E-state index contributed by atoms with van der Waals surface area (Å²) in [6.07, 6.45) is 7.60. The van der Waals surface area contributed by atoms with Crippen molar-refractivity contribution >= 4 is 11.8 Å². The normalized spacial score (nSPS) is 18.3. The summed E-state index contributed by atoms with van der Waals surface area (Å²) in [5, 5.41) is 0. The molecule has 3 rings (SSSR count). The lowest BCUT2D eigenvalue weighted by Gasteiger charge is -2.14. The summed E-state index contributed by atoms with van der Waals surface area (Å²) < 4.78 is 0. The number of pyridine rings is 2. The Labute approximate surface area is 122 Å². The fourth-order valence-corrected chi connectivity index (χ4v) is 2.55. The zero-order valence-corrected chi connectivity index (χ0v) is 11.5. The van der Waals surface area contributed by atoms with Crippen LogP contribution in [0, 0.1) is 5.92 Å². The van der Waals surface area contributed by atoms with Crippen molar-refractivity contribution in [1.82, 2.24) is 14.9 Å². The van der Waals surface area contributed by atoms with Crippen molar-refractivity contribution in [2.45, 2.75) is 19.4 Å². The molecule has 0 saturated carbocycles. The zero-order valence-electron chi connectivity index (χ0n) is 11.5. The number of aromatic nitrogens is 2. The van der Waals surface area contributed by atoms with Gasteiger partial charge in [-0.25, -0.2) is 0 Å². The van der Waals surface area contributed by atoms with E-state index in [-0.39, 0.29) is 24.2 Å². The van der Waals surface area contributed by atoms with Gasteiger partial charge in [-0.15, -0.1) is 0 Å². The van der Waals surface area contributed by atoms with Gasteiger partial charge < -0.3 is 0 Å². The molecule has 0 spiro atoms. The average molecular weight is 281 g/mol. The maximum Gasteiger partial charge on any atom is 0.233 e. The second-order valence-corrected chi connectivity index (χ2v) is 5.14. The van der Waals surface area contributed by atoms with Gasteiger partial charge in [0.25, 0.3) is 0 Å². The number of amides is 2. The van der Waals surface area contributed by atoms with Crippen LogP contribution in [0.1, 0.15) is 17.5 Å². The number of carbonyl (C=O) groups excluding carboxylic acids is 2. The van der Waals surface area contributed by atoms with E-state index >= 15 is 0 Å². The van der Waals surface area contributed by atoms with Crippen molar-refractivity contribution in [2.24, 2.45) is 5.92 Å². The monoisotopic (exact) mass is 281 g/mol. The smallest absolute Gasteiger partial charge is 0.233 e. The molecule has 1 atom stereocenters. The van der Waals surface area contributed by atoms with Gasteiger partial charge >= 0.3 is 0 Å². The number of imide groups is 1. The van der Waals surface area contributed by atoms with Crippen LogP contribution in [0.4, 0.5) is 0 Å². The summed E-state index contributed by atoms with van der Waals surface area (Å²) in [6, 6.07) is 7.42. The molecule has 0 radical (unpaired) electrons. The topological polar surface area (TPSA) is 63.2 Å². The van der Waals surface area contributed by atoms with Gasteiger partial charge in [-0.3, -0.25) is 24.5 Å². The molecule has 1 saturated heterocycles. The molecule has 106 valence electrons. The number of likely N-dealkylation sites (tertiary alicyclic amines) is 1. The summed E-state index contributed by atoms with van der Waals surface area (Å²) in [5.41, 5.74) is 1.89. The Morgan fingerprint density at radius 1 is 1.05 bits per heavy atom. The van der Waals surface area contributed by atoms with Gasteiger partial charge in [0, 0.05) is 31.2 Å². The summed E-state index contributed by atoms with van der Waals surface area (Å²) in [5.74, 6) is -0.472. The first-order valence-electron chi connectivity index (χ1n) is 6.86. The van der Waals surface area contributed by atoms with Crippen LogP contribution in [0.15, 0.2) is 49.1 Å². The van der Waals surface area contributed by atoms with E-state index in [2.05, 4.69) is 9.97 Å². The first kappa shape index (κ1) is 13.4. The fraction of sp³-hybridized carbons (Fsp3) is 0.250. The van der Waals surface area contributed by atoms with Gasteiger partial charge in [-0.2, -0.15) is 0 Å². The summed E-state index contributed by atoms with van der Waals surface area (Å²) in [4.78, 5) is 33.8. The third-order valence-electron chi connectivity index (χ3n) is 3.63. The molecular weight excluding hydrogens is 266 g/mol. The molecule has 5 heteroatoms. The van der Waals surface area contributed by atoms with Gasteiger partial charge in [0.2, 0.25) is 11.8 Å². The minimum absolute atomic E-state index is 0.0966. The Balaban J connectivity index is 1.70. The molecule has 0 aromatic carbocycles. The molecule has 21 heavy (non-hydrogen) atoms. The van der Waals surface area contributed by atoms with Gasteiger partial charge in [-0.1, -0.05) is 6.07 Å². The van der Waals surface area contributed by atoms with E-state index in [0.717, 1.165) is 11.1 Å². The van der Waals surface area contributed by atoms with E-state index < -0.39 is 0 Å². The summed E-state index contributed by atoms with van der Waals surface area (Å²) >= 11 is 0. The molecule has 1 unspecified atom stereocenters. The van der Waals surface area contributed by atoms with E-state index in [4.69, 9.17) is 0 Å². The maximum atomic E-state index is 12.4. The van der Waals surface area contributed by atoms with Crippen LogP contribution in [0.2, 0.25) is 0 Å². The highest BCUT2D eigenvalue weighted by Gasteiger charge is 2.38. The second kappa shape index (κ2) is 5.83. The van der Waals surface area contributed by atoms with Gasteiger partial charge in [0.05, 0.1) is 12.5 Å². The Morgan fingerprint density at radius 2 is 1.86 bits per heavy atom. The Morgan fingerprint density at radius 3 is 2.57 bits per heavy atom. The van der Waals surface area contributed by atoms with Crippen molar-refractivity contribution in [1.29, 1.82) is 0 Å². The quantitative estimate of drug-likeness (QED) is 0.798. The van der Waals surface area contributed by atoms with Crippen molar-refractivity contribution < 1.29 is 9.59 Å². The van der Waals surface area contributed by atoms with Crippen molar-refractivity contribution in [2.75, 3.05) is 0 Å². The summed E-state index contributed by atoms with van der Waals surface area (Å²) in [7, 11) is 0. The summed E-state index contributed by atoms with van der Waals surface area (Å²) in [6.45, 7) is 0.304. The molecule has 3 heterocycles. The first-order valence-corrected chi connectivity index (χ1v) is 6.86. The number of rotatable bonds is 4. The van der Waals surface area contributed by atoms with E-state index in [1.807, 2.05) is 18.2 Å². The highest BCUT2D eigenvalue weighted by atomic mass is 16.2. The molecule has 0 N–H and O–H groups in total. The molecule has 0 aliphatic carbocycles. The van der Waals surface area contributed by atoms with E-state index in [1.165, 1.54) is 4.90 Å².